The van der Waals surface area contributed by atoms with E-state index < -0.39 is 0 Å². The molecular weight excluding hydrogens is 1280 g/mol. The lowest BCUT2D eigenvalue weighted by Gasteiger charge is -2.01. The van der Waals surface area contributed by atoms with Gasteiger partial charge in [-0.1, -0.05) is 281 Å². The number of rotatable bonds is 0. The monoisotopic (exact) mass is 1420 g/mol. The minimum absolute atomic E-state index is 0.839. The average molecular weight is 1420 g/mol. The van der Waals surface area contributed by atoms with E-state index in [1.165, 1.54) is 82.1 Å². The molecule has 105 heavy (non-hydrogen) atoms. The Morgan fingerprint density at radius 2 is 0.619 bits per heavy atom. The molecule has 7 heterocycles. The molecule has 0 saturated heterocycles. The van der Waals surface area contributed by atoms with E-state index in [-0.39, 0.29) is 0 Å². The first kappa shape index (κ1) is 99.4. The SMILES string of the molecule is CC.CC.CC.CC.CC.CC.CC.CC.CC.Cc1cc(C)c2ccccc2n1.Cc1cc2ccccc2c(C)n1.Cc1ccc(C)nc1.Cc1ccc(C)nc1.Cc1ccc2c3ccccc3n(C)c2c1.Cc1ccc2ccc(C)cc2c1.Cc1cccc(C)n1.Cc1nc(C)c2ccccc2n1. The highest BCUT2D eigenvalue weighted by Crippen LogP contribution is 2.28. The maximum absolute atomic E-state index is 4.44. The van der Waals surface area contributed by atoms with Gasteiger partial charge < -0.3 is 4.57 Å². The Labute approximate surface area is 639 Å². The van der Waals surface area contributed by atoms with E-state index in [1.54, 1.807) is 0 Å². The Bertz CT molecular complexity index is 4190. The number of nitrogens with zero attached hydrogens (tertiary/aromatic N) is 8. The van der Waals surface area contributed by atoms with Gasteiger partial charge in [0.05, 0.1) is 11.0 Å². The normalized spacial score (nSPS) is 9.05. The van der Waals surface area contributed by atoms with E-state index in [9.17, 15) is 0 Å². The summed E-state index contributed by atoms with van der Waals surface area (Å²) < 4.78 is 2.26. The van der Waals surface area contributed by atoms with Gasteiger partial charge in [-0.2, -0.15) is 0 Å². The summed E-state index contributed by atoms with van der Waals surface area (Å²) in [5, 5.41) is 10.3. The third kappa shape index (κ3) is 37.0. The molecule has 0 aliphatic heterocycles. The Morgan fingerprint density at radius 1 is 0.229 bits per heavy atom. The molecule has 8 nitrogen and oxygen atoms in total. The minimum atomic E-state index is 0.839. The average Bonchev–Trinajstić information content (AvgIpc) is 1.63. The van der Waals surface area contributed by atoms with Crippen LogP contribution in [0.4, 0.5) is 0 Å². The highest BCUT2D eigenvalue weighted by atomic mass is 14.9. The molecule has 0 aliphatic rings. The van der Waals surface area contributed by atoms with Gasteiger partial charge in [0.1, 0.15) is 5.82 Å². The van der Waals surface area contributed by atoms with Gasteiger partial charge in [0, 0.05) is 103 Å². The van der Waals surface area contributed by atoms with Crippen LogP contribution in [0.2, 0.25) is 0 Å². The van der Waals surface area contributed by atoms with Crippen LogP contribution in [0.25, 0.3) is 65.2 Å². The first-order valence-electron chi connectivity index (χ1n) is 38.7. The molecule has 0 aliphatic carbocycles. The smallest absolute Gasteiger partial charge is 0.126 e. The highest BCUT2D eigenvalue weighted by Gasteiger charge is 2.07. The summed E-state index contributed by atoms with van der Waals surface area (Å²) >= 11 is 0. The molecule has 14 rings (SSSR count). The maximum atomic E-state index is 4.44. The number of hydrogen-bond acceptors (Lipinski definition) is 7. The van der Waals surface area contributed by atoms with Gasteiger partial charge in [-0.25, -0.2) is 9.97 Å². The molecule has 7 aromatic heterocycles. The zero-order valence-electron chi connectivity index (χ0n) is 71.9. The second-order valence-electron chi connectivity index (χ2n) is 22.4. The molecule has 0 N–H and O–H groups in total. The summed E-state index contributed by atoms with van der Waals surface area (Å²) in [7, 11) is 2.13. The topological polar surface area (TPSA) is 95.2 Å². The number of aryl methyl sites for hydroxylation is 16. The number of fused-ring (bicyclic) bond motifs is 7. The van der Waals surface area contributed by atoms with Crippen LogP contribution in [0.3, 0.4) is 0 Å². The molecular formula is C97H138N8. The molecule has 0 unspecified atom stereocenters. The fourth-order valence-electron chi connectivity index (χ4n) is 9.95. The number of hydrogen-bond donors (Lipinski definition) is 0. The molecule has 14 aromatic rings. The first-order valence-corrected chi connectivity index (χ1v) is 38.7. The summed E-state index contributed by atoms with van der Waals surface area (Å²) in [6.45, 7) is 66.6. The van der Waals surface area contributed by atoms with Gasteiger partial charge in [0.2, 0.25) is 0 Å². The molecule has 0 amide bonds. The summed E-state index contributed by atoms with van der Waals surface area (Å²) in [4.78, 5) is 29.8. The molecule has 0 atom stereocenters. The highest BCUT2D eigenvalue weighted by molar-refractivity contribution is 6.08. The molecule has 7 aromatic carbocycles. The predicted molar refractivity (Wildman–Crippen MR) is 473 cm³/mol. The minimum Gasteiger partial charge on any atom is -0.344 e. The molecule has 0 spiro atoms. The molecule has 0 bridgehead atoms. The molecule has 0 saturated carbocycles. The predicted octanol–water partition coefficient (Wildman–Crippen LogP) is 29.4. The quantitative estimate of drug-likeness (QED) is 0.149. The van der Waals surface area contributed by atoms with Gasteiger partial charge >= 0.3 is 0 Å². The van der Waals surface area contributed by atoms with Crippen molar-refractivity contribution in [2.24, 2.45) is 7.05 Å². The molecule has 8 heteroatoms. The van der Waals surface area contributed by atoms with Crippen molar-refractivity contribution < 1.29 is 0 Å². The van der Waals surface area contributed by atoms with Crippen molar-refractivity contribution in [2.75, 3.05) is 0 Å². The van der Waals surface area contributed by atoms with Crippen molar-refractivity contribution in [3.05, 3.63) is 303 Å². The Kier molecular flexibility index (Phi) is 56.4. The van der Waals surface area contributed by atoms with E-state index in [2.05, 4.69) is 215 Å². The largest absolute Gasteiger partial charge is 0.344 e. The van der Waals surface area contributed by atoms with Crippen molar-refractivity contribution in [3.8, 4) is 0 Å². The van der Waals surface area contributed by atoms with Crippen LogP contribution in [0.1, 0.15) is 209 Å². The zero-order valence-corrected chi connectivity index (χ0v) is 71.9. The zero-order chi connectivity index (χ0) is 80.6. The summed E-state index contributed by atoms with van der Waals surface area (Å²) in [5.74, 6) is 0.839. The Morgan fingerprint density at radius 3 is 1.09 bits per heavy atom. The van der Waals surface area contributed by atoms with Crippen molar-refractivity contribution in [2.45, 2.75) is 228 Å². The van der Waals surface area contributed by atoms with Crippen LogP contribution in [0.5, 0.6) is 0 Å². The van der Waals surface area contributed by atoms with Crippen LogP contribution in [0, 0.1) is 104 Å². The van der Waals surface area contributed by atoms with Crippen molar-refractivity contribution in [1.82, 2.24) is 39.5 Å². The van der Waals surface area contributed by atoms with Gasteiger partial charge in [-0.15, -0.1) is 0 Å². The lowest BCUT2D eigenvalue weighted by Crippen LogP contribution is -1.92. The number of benzene rings is 7. The molecule has 0 radical (unpaired) electrons. The number of para-hydroxylation sites is 3. The first-order chi connectivity index (χ1) is 50.7. The van der Waals surface area contributed by atoms with Gasteiger partial charge in [0.15, 0.2) is 0 Å². The van der Waals surface area contributed by atoms with Gasteiger partial charge in [-0.05, 0) is 203 Å². The van der Waals surface area contributed by atoms with Crippen molar-refractivity contribution >= 4 is 65.2 Å². The lowest BCUT2D eigenvalue weighted by atomic mass is 10.1. The van der Waals surface area contributed by atoms with Crippen molar-refractivity contribution in [3.63, 3.8) is 0 Å². The van der Waals surface area contributed by atoms with E-state index in [0.29, 0.717) is 0 Å². The van der Waals surface area contributed by atoms with Crippen LogP contribution in [0.15, 0.2) is 219 Å². The van der Waals surface area contributed by atoms with E-state index in [4.69, 9.17) is 0 Å². The maximum Gasteiger partial charge on any atom is 0.126 e. The third-order valence-electron chi connectivity index (χ3n) is 14.4. The third-order valence-corrected chi connectivity index (χ3v) is 14.4. The van der Waals surface area contributed by atoms with Crippen molar-refractivity contribution in [1.29, 1.82) is 0 Å². The van der Waals surface area contributed by atoms with Crippen LogP contribution in [-0.2, 0) is 7.05 Å². The van der Waals surface area contributed by atoms with Gasteiger partial charge in [-0.3, -0.25) is 24.9 Å². The van der Waals surface area contributed by atoms with E-state index in [0.717, 1.165) is 67.8 Å². The van der Waals surface area contributed by atoms with E-state index in [1.807, 2.05) is 279 Å². The standard InChI is InChI=1S/C14H13N.C12H12.2C11H11N.C10H10N2.3C7H9N.9C2H6/c1-10-7-8-12-11-5-3-4-6-13(11)15(2)14(12)9-10;1-9-3-5-11-6-4-10(2)8-12(11)7-9;1-8-7-10-5-3-4-6-11(10)9(2)12-8;1-8-7-9(2)12-11-6-4-3-5-10(8)11;1-7-9-5-3-4-6-10(9)12-8(2)11-7;2*1-6-3-4-7(2)8-5-6;1-6-4-3-5-7(2)8-6;9*1-2/h3-9H,1-2H3;3-8H,1-2H3;2*3-7H,1-2H3;3-6H,1-2H3;3*3-5H,1-2H3;9*1-2H3. The second kappa shape index (κ2) is 59.6. The summed E-state index contributed by atoms with van der Waals surface area (Å²) in [5.41, 5.74) is 21.1. The Hall–Kier alpha value is -9.79. The van der Waals surface area contributed by atoms with Crippen LogP contribution < -0.4 is 0 Å². The summed E-state index contributed by atoms with van der Waals surface area (Å²) in [6, 6.07) is 71.3. The van der Waals surface area contributed by atoms with E-state index >= 15 is 0 Å². The van der Waals surface area contributed by atoms with Gasteiger partial charge in [0.25, 0.3) is 0 Å². The molecule has 0 fully saturated rings. The fraction of sp³-hybridized carbons (Fsp3) is 0.351. The lowest BCUT2D eigenvalue weighted by molar-refractivity contribution is 1.01. The second-order valence-corrected chi connectivity index (χ2v) is 22.4. The number of aromatic nitrogens is 8. The summed E-state index contributed by atoms with van der Waals surface area (Å²) in [6.07, 6.45) is 3.74. The van der Waals surface area contributed by atoms with Crippen LogP contribution >= 0.6 is 0 Å². The Balaban J connectivity index is -0.00000110. The van der Waals surface area contributed by atoms with Crippen LogP contribution in [-0.4, -0.2) is 39.5 Å². The fourth-order valence-corrected chi connectivity index (χ4v) is 9.95. The number of pyridine rings is 5. The molecule has 566 valence electrons.